The van der Waals surface area contributed by atoms with Crippen molar-refractivity contribution < 1.29 is 0 Å². The molecule has 2 N–H and O–H groups in total. The lowest BCUT2D eigenvalue weighted by Gasteiger charge is -1.93. The quantitative estimate of drug-likeness (QED) is 0.558. The second-order valence-electron chi connectivity index (χ2n) is 3.26. The summed E-state index contributed by atoms with van der Waals surface area (Å²) in [6.45, 7) is 2.11. The summed E-state index contributed by atoms with van der Waals surface area (Å²) in [6.07, 6.45) is 5.54. The smallest absolute Gasteiger partial charge is 0.0478 e. The number of unbranched alkanes of at least 4 members (excludes halogenated alkanes) is 1. The van der Waals surface area contributed by atoms with Gasteiger partial charge in [0.15, 0.2) is 0 Å². The summed E-state index contributed by atoms with van der Waals surface area (Å²) in [5.41, 5.74) is 7.31. The van der Waals surface area contributed by atoms with Crippen LogP contribution in [0.25, 0.3) is 0 Å². The highest BCUT2D eigenvalue weighted by Gasteiger charge is 1.89. The number of hydrogen-bond acceptors (Lipinski definition) is 1. The summed E-state index contributed by atoms with van der Waals surface area (Å²) in [5.74, 6) is 11.8. The number of nitrogen functional groups attached to an aromatic ring is 1. The van der Waals surface area contributed by atoms with Gasteiger partial charge in [0, 0.05) is 17.7 Å². The fourth-order valence-corrected chi connectivity index (χ4v) is 1.07. The lowest BCUT2D eigenvalue weighted by Crippen LogP contribution is -1.87. The fourth-order valence-electron chi connectivity index (χ4n) is 1.07. The van der Waals surface area contributed by atoms with Crippen LogP contribution in [0.3, 0.4) is 0 Å². The largest absolute Gasteiger partial charge is 0.398 e. The van der Waals surface area contributed by atoms with Crippen LogP contribution in [0.5, 0.6) is 0 Å². The van der Waals surface area contributed by atoms with Crippen LogP contribution in [0.1, 0.15) is 25.3 Å². The number of para-hydroxylation sites is 1. The van der Waals surface area contributed by atoms with Crippen LogP contribution in [-0.4, -0.2) is 0 Å². The van der Waals surface area contributed by atoms with Gasteiger partial charge in [-0.05, 0) is 30.7 Å². The molecule has 0 aromatic heterocycles. The van der Waals surface area contributed by atoms with E-state index in [0.717, 1.165) is 18.4 Å². The van der Waals surface area contributed by atoms with E-state index in [2.05, 4.69) is 30.6 Å². The van der Waals surface area contributed by atoms with Crippen molar-refractivity contribution in [1.29, 1.82) is 0 Å². The Morgan fingerprint density at radius 3 is 2.69 bits per heavy atom. The molecule has 0 amide bonds. The van der Waals surface area contributed by atoms with Crippen LogP contribution in [0.15, 0.2) is 36.4 Å². The minimum atomic E-state index is 0.709. The van der Waals surface area contributed by atoms with Crippen molar-refractivity contribution in [2.75, 3.05) is 5.73 Å². The van der Waals surface area contributed by atoms with Gasteiger partial charge in [-0.25, -0.2) is 0 Å². The lowest BCUT2D eigenvalue weighted by molar-refractivity contribution is 0.983. The molecule has 0 heterocycles. The van der Waals surface area contributed by atoms with E-state index < -0.39 is 0 Å². The normalized spacial score (nSPS) is 9.06. The van der Waals surface area contributed by atoms with E-state index in [-0.39, 0.29) is 0 Å². The Labute approximate surface area is 97.4 Å². The van der Waals surface area contributed by atoms with Crippen LogP contribution in [0.2, 0.25) is 0 Å². The predicted octanol–water partition coefficient (Wildman–Crippen LogP) is 2.98. The molecule has 16 heavy (non-hydrogen) atoms. The molecule has 0 bridgehead atoms. The first-order chi connectivity index (χ1) is 7.84. The summed E-state index contributed by atoms with van der Waals surface area (Å²) >= 11 is 0. The summed E-state index contributed by atoms with van der Waals surface area (Å²) < 4.78 is 0. The van der Waals surface area contributed by atoms with Gasteiger partial charge in [-0.3, -0.25) is 0 Å². The first kappa shape index (κ1) is 12.0. The molecular weight excluding hydrogens is 194 g/mol. The molecule has 1 heteroatoms. The van der Waals surface area contributed by atoms with Crippen LogP contribution >= 0.6 is 0 Å². The molecule has 1 aromatic rings. The summed E-state index contributed by atoms with van der Waals surface area (Å²) in [4.78, 5) is 0. The van der Waals surface area contributed by atoms with Gasteiger partial charge in [-0.15, -0.1) is 0 Å². The van der Waals surface area contributed by atoms with E-state index in [9.17, 15) is 0 Å². The van der Waals surface area contributed by atoms with Gasteiger partial charge in [0.2, 0.25) is 0 Å². The first-order valence-corrected chi connectivity index (χ1v) is 5.34. The Morgan fingerprint density at radius 1 is 1.19 bits per heavy atom. The Hall–Kier alpha value is -2.12. The number of nitrogens with two attached hydrogens (primary N) is 1. The van der Waals surface area contributed by atoms with Gasteiger partial charge in [-0.2, -0.15) is 0 Å². The molecule has 0 aliphatic carbocycles. The minimum Gasteiger partial charge on any atom is -0.398 e. The van der Waals surface area contributed by atoms with Gasteiger partial charge >= 0.3 is 0 Å². The molecule has 0 radical (unpaired) electrons. The first-order valence-electron chi connectivity index (χ1n) is 5.34. The van der Waals surface area contributed by atoms with Crippen LogP contribution in [0.4, 0.5) is 5.69 Å². The van der Waals surface area contributed by atoms with Gasteiger partial charge in [0.05, 0.1) is 0 Å². The monoisotopic (exact) mass is 209 g/mol. The van der Waals surface area contributed by atoms with Crippen molar-refractivity contribution in [3.63, 3.8) is 0 Å². The molecule has 1 rings (SSSR count). The third-order valence-corrected chi connectivity index (χ3v) is 1.89. The lowest BCUT2D eigenvalue weighted by atomic mass is 10.2. The van der Waals surface area contributed by atoms with E-state index in [0.29, 0.717) is 5.69 Å². The van der Waals surface area contributed by atoms with E-state index in [4.69, 9.17) is 5.73 Å². The third kappa shape index (κ3) is 4.40. The molecule has 0 unspecified atom stereocenters. The van der Waals surface area contributed by atoms with E-state index in [1.54, 1.807) is 12.2 Å². The molecule has 0 saturated heterocycles. The van der Waals surface area contributed by atoms with Gasteiger partial charge in [0.1, 0.15) is 0 Å². The Kier molecular flexibility index (Phi) is 5.38. The molecule has 0 aliphatic heterocycles. The molecule has 0 aliphatic rings. The summed E-state index contributed by atoms with van der Waals surface area (Å²) in [7, 11) is 0. The minimum absolute atomic E-state index is 0.709. The number of anilines is 1. The third-order valence-electron chi connectivity index (χ3n) is 1.89. The van der Waals surface area contributed by atoms with Gasteiger partial charge in [0.25, 0.3) is 0 Å². The molecule has 0 fully saturated rings. The standard InChI is InChI=1S/C15H15N/c1-2-3-4-5-6-7-8-11-14-12-9-10-13-15(14)16/h6-7,9-10,12-13H,2-3,16H2,1H3/b7-6-. The highest BCUT2D eigenvalue weighted by molar-refractivity contribution is 5.56. The van der Waals surface area contributed by atoms with Crippen LogP contribution < -0.4 is 5.73 Å². The molecule has 0 atom stereocenters. The molecule has 1 nitrogen and oxygen atoms in total. The van der Waals surface area contributed by atoms with Gasteiger partial charge < -0.3 is 5.73 Å². The fraction of sp³-hybridized carbons (Fsp3) is 0.200. The summed E-state index contributed by atoms with van der Waals surface area (Å²) in [6, 6.07) is 7.56. The van der Waals surface area contributed by atoms with Crippen molar-refractivity contribution in [1.82, 2.24) is 0 Å². The molecular formula is C15H15N. The molecule has 1 aromatic carbocycles. The maximum Gasteiger partial charge on any atom is 0.0478 e. The van der Waals surface area contributed by atoms with E-state index in [1.165, 1.54) is 0 Å². The molecule has 0 saturated carbocycles. The number of benzene rings is 1. The highest BCUT2D eigenvalue weighted by Crippen LogP contribution is 2.07. The highest BCUT2D eigenvalue weighted by atomic mass is 14.5. The van der Waals surface area contributed by atoms with Crippen molar-refractivity contribution in [2.45, 2.75) is 19.8 Å². The molecule has 80 valence electrons. The van der Waals surface area contributed by atoms with E-state index in [1.807, 2.05) is 24.3 Å². The number of allylic oxidation sites excluding steroid dienone is 2. The zero-order valence-corrected chi connectivity index (χ0v) is 9.46. The second-order valence-corrected chi connectivity index (χ2v) is 3.26. The predicted molar refractivity (Wildman–Crippen MR) is 69.6 cm³/mol. The summed E-state index contributed by atoms with van der Waals surface area (Å²) in [5, 5.41) is 0. The zero-order valence-electron chi connectivity index (χ0n) is 9.46. The Bertz CT molecular complexity index is 475. The maximum absolute atomic E-state index is 5.75. The Balaban J connectivity index is 2.57. The van der Waals surface area contributed by atoms with Crippen LogP contribution in [-0.2, 0) is 0 Å². The maximum atomic E-state index is 5.75. The van der Waals surface area contributed by atoms with Crippen LogP contribution in [0, 0.1) is 23.7 Å². The van der Waals surface area contributed by atoms with Crippen molar-refractivity contribution >= 4 is 5.69 Å². The van der Waals surface area contributed by atoms with E-state index >= 15 is 0 Å². The van der Waals surface area contributed by atoms with Gasteiger partial charge in [-0.1, -0.05) is 42.7 Å². The van der Waals surface area contributed by atoms with Crippen molar-refractivity contribution in [3.8, 4) is 23.7 Å². The average molecular weight is 209 g/mol. The van der Waals surface area contributed by atoms with Crippen molar-refractivity contribution in [3.05, 3.63) is 42.0 Å². The average Bonchev–Trinajstić information content (AvgIpc) is 2.30. The number of rotatable bonds is 1. The Morgan fingerprint density at radius 2 is 1.94 bits per heavy atom. The molecule has 0 spiro atoms. The second kappa shape index (κ2) is 7.21. The number of hydrogen-bond donors (Lipinski definition) is 1. The zero-order chi connectivity index (χ0) is 11.6. The SMILES string of the molecule is CCCC#C/C=C\C#Cc1ccccc1N. The topological polar surface area (TPSA) is 26.0 Å². The van der Waals surface area contributed by atoms with Crippen molar-refractivity contribution in [2.24, 2.45) is 0 Å².